The highest BCUT2D eigenvalue weighted by Gasteiger charge is 2.64. The molecule has 3 atom stereocenters. The first-order chi connectivity index (χ1) is 15.1. The molecule has 2 aromatic rings. The molecule has 5 rings (SSSR count). The number of carbonyl (C=O) groups excluding carboxylic acids is 2. The van der Waals surface area contributed by atoms with Gasteiger partial charge >= 0.3 is 5.97 Å². The van der Waals surface area contributed by atoms with E-state index in [1.54, 1.807) is 44.2 Å². The molecule has 1 fully saturated rings. The topological polar surface area (TPSA) is 109 Å². The standard InChI is InChI=1S/C23H25N3O5S/c1-12-17(13(2)25-24-12)22(28)31-21(14-8-6-5-7-9-14)26-20(27)18-15-10-11-16(23(15,3)4)19(18)32(26,29)30/h5-9,15-16,21H,10-11H2,1-4H3,(H,24,25). The van der Waals surface area contributed by atoms with Gasteiger partial charge in [-0.05, 0) is 38.0 Å². The van der Waals surface area contributed by atoms with Crippen LogP contribution < -0.4 is 0 Å². The first-order valence-electron chi connectivity index (χ1n) is 10.7. The van der Waals surface area contributed by atoms with Crippen LogP contribution in [0.25, 0.3) is 0 Å². The van der Waals surface area contributed by atoms with Crippen LogP contribution in [0.5, 0.6) is 0 Å². The summed E-state index contributed by atoms with van der Waals surface area (Å²) < 4.78 is 33.9. The summed E-state index contributed by atoms with van der Waals surface area (Å²) in [7, 11) is -4.14. The summed E-state index contributed by atoms with van der Waals surface area (Å²) in [5.74, 6) is -1.63. The van der Waals surface area contributed by atoms with Crippen molar-refractivity contribution < 1.29 is 22.7 Å². The third-order valence-corrected chi connectivity index (χ3v) is 9.22. The van der Waals surface area contributed by atoms with E-state index in [0.717, 1.165) is 17.1 Å². The molecule has 3 aliphatic rings. The van der Waals surface area contributed by atoms with Crippen LogP contribution in [0.3, 0.4) is 0 Å². The fourth-order valence-corrected chi connectivity index (χ4v) is 7.92. The van der Waals surface area contributed by atoms with Crippen molar-refractivity contribution >= 4 is 21.9 Å². The number of aryl methyl sites for hydroxylation is 2. The Kier molecular flexibility index (Phi) is 4.43. The van der Waals surface area contributed by atoms with Crippen molar-refractivity contribution in [2.75, 3.05) is 0 Å². The van der Waals surface area contributed by atoms with Gasteiger partial charge in [0.2, 0.25) is 6.23 Å². The molecule has 32 heavy (non-hydrogen) atoms. The molecule has 0 radical (unpaired) electrons. The Morgan fingerprint density at radius 3 is 2.44 bits per heavy atom. The highest BCUT2D eigenvalue weighted by Crippen LogP contribution is 2.64. The van der Waals surface area contributed by atoms with E-state index in [1.165, 1.54) is 0 Å². The van der Waals surface area contributed by atoms with Gasteiger partial charge in [0.25, 0.3) is 15.9 Å². The van der Waals surface area contributed by atoms with E-state index in [1.807, 2.05) is 13.8 Å². The number of amides is 1. The number of hydrogen-bond donors (Lipinski definition) is 1. The van der Waals surface area contributed by atoms with E-state index in [4.69, 9.17) is 4.74 Å². The fraction of sp³-hybridized carbons (Fsp3) is 0.435. The number of ether oxygens (including phenoxy) is 1. The van der Waals surface area contributed by atoms with Crippen LogP contribution in [-0.2, 0) is 19.6 Å². The number of allylic oxidation sites excluding steroid dienone is 1. The van der Waals surface area contributed by atoms with Crippen molar-refractivity contribution in [1.82, 2.24) is 14.5 Å². The van der Waals surface area contributed by atoms with E-state index in [9.17, 15) is 18.0 Å². The van der Waals surface area contributed by atoms with Gasteiger partial charge in [-0.25, -0.2) is 13.2 Å². The van der Waals surface area contributed by atoms with Gasteiger partial charge in [-0.3, -0.25) is 9.89 Å². The van der Waals surface area contributed by atoms with Crippen LogP contribution in [0.15, 0.2) is 40.8 Å². The Labute approximate surface area is 186 Å². The van der Waals surface area contributed by atoms with Crippen LogP contribution in [0.1, 0.15) is 60.2 Å². The van der Waals surface area contributed by atoms with Gasteiger partial charge in [-0.15, -0.1) is 0 Å². The van der Waals surface area contributed by atoms with Crippen molar-refractivity contribution in [1.29, 1.82) is 0 Å². The first-order valence-corrected chi connectivity index (χ1v) is 12.1. The zero-order valence-electron chi connectivity index (χ0n) is 18.4. The van der Waals surface area contributed by atoms with Gasteiger partial charge < -0.3 is 4.74 Å². The van der Waals surface area contributed by atoms with Crippen molar-refractivity contribution in [2.45, 2.75) is 46.8 Å². The number of esters is 1. The Balaban J connectivity index is 1.58. The molecule has 2 heterocycles. The number of sulfonamides is 1. The number of benzene rings is 1. The van der Waals surface area contributed by atoms with Crippen molar-refractivity contribution in [3.8, 4) is 0 Å². The van der Waals surface area contributed by atoms with Crippen molar-refractivity contribution in [3.05, 3.63) is 63.3 Å². The minimum atomic E-state index is -4.14. The van der Waals surface area contributed by atoms with Crippen LogP contribution in [-0.4, -0.2) is 34.8 Å². The fourth-order valence-electron chi connectivity index (χ4n) is 5.69. The monoisotopic (exact) mass is 455 g/mol. The molecule has 1 aromatic heterocycles. The van der Waals surface area contributed by atoms with Gasteiger partial charge in [0.1, 0.15) is 5.56 Å². The molecule has 3 unspecified atom stereocenters. The molecule has 1 N–H and O–H groups in total. The van der Waals surface area contributed by atoms with Crippen LogP contribution in [0.2, 0.25) is 0 Å². The number of nitrogens with zero attached hydrogens (tertiary/aromatic N) is 2. The molecule has 0 saturated heterocycles. The average Bonchev–Trinajstić information content (AvgIpc) is 3.37. The lowest BCUT2D eigenvalue weighted by Crippen LogP contribution is -2.41. The van der Waals surface area contributed by atoms with E-state index in [2.05, 4.69) is 10.2 Å². The molecule has 1 aliphatic heterocycles. The van der Waals surface area contributed by atoms with Gasteiger partial charge in [0, 0.05) is 22.7 Å². The summed E-state index contributed by atoms with van der Waals surface area (Å²) in [4.78, 5) is 26.9. The number of fused-ring (bicyclic) bond motifs is 4. The minimum absolute atomic E-state index is 0.111. The van der Waals surface area contributed by atoms with Crippen LogP contribution in [0, 0.1) is 31.1 Å². The summed E-state index contributed by atoms with van der Waals surface area (Å²) >= 11 is 0. The smallest absolute Gasteiger partial charge is 0.344 e. The van der Waals surface area contributed by atoms with E-state index in [0.29, 0.717) is 22.5 Å². The van der Waals surface area contributed by atoms with Crippen molar-refractivity contribution in [2.24, 2.45) is 17.3 Å². The second-order valence-electron chi connectivity index (χ2n) is 9.37. The number of H-pyrrole nitrogens is 1. The van der Waals surface area contributed by atoms with Gasteiger partial charge in [0.15, 0.2) is 0 Å². The number of aromatic amines is 1. The maximum atomic E-state index is 13.7. The molecular weight excluding hydrogens is 430 g/mol. The average molecular weight is 456 g/mol. The van der Waals surface area contributed by atoms with E-state index in [-0.39, 0.29) is 27.7 Å². The summed E-state index contributed by atoms with van der Waals surface area (Å²) in [6.07, 6.45) is 0.123. The van der Waals surface area contributed by atoms with Gasteiger partial charge in [-0.2, -0.15) is 9.40 Å². The zero-order valence-corrected chi connectivity index (χ0v) is 19.2. The highest BCUT2D eigenvalue weighted by atomic mass is 32.2. The number of nitrogens with one attached hydrogen (secondary N) is 1. The van der Waals surface area contributed by atoms with E-state index >= 15 is 0 Å². The third-order valence-electron chi connectivity index (χ3n) is 7.29. The molecule has 9 heteroatoms. The summed E-state index contributed by atoms with van der Waals surface area (Å²) in [6.45, 7) is 7.40. The molecule has 8 nitrogen and oxygen atoms in total. The number of aromatic nitrogens is 2. The lowest BCUT2D eigenvalue weighted by Gasteiger charge is -2.32. The molecule has 1 amide bonds. The van der Waals surface area contributed by atoms with Gasteiger partial charge in [-0.1, -0.05) is 44.2 Å². The quantitative estimate of drug-likeness (QED) is 0.708. The van der Waals surface area contributed by atoms with Crippen molar-refractivity contribution in [3.63, 3.8) is 0 Å². The predicted octanol–water partition coefficient (Wildman–Crippen LogP) is 3.37. The first kappa shape index (κ1) is 20.9. The number of carbonyl (C=O) groups is 2. The highest BCUT2D eigenvalue weighted by molar-refractivity contribution is 7.94. The minimum Gasteiger partial charge on any atom is -0.432 e. The lowest BCUT2D eigenvalue weighted by atomic mass is 9.79. The summed E-state index contributed by atoms with van der Waals surface area (Å²) in [6, 6.07) is 8.50. The third kappa shape index (κ3) is 2.66. The maximum Gasteiger partial charge on any atom is 0.344 e. The van der Waals surface area contributed by atoms with Crippen LogP contribution in [0.4, 0.5) is 0 Å². The zero-order chi connectivity index (χ0) is 23.0. The summed E-state index contributed by atoms with van der Waals surface area (Å²) in [5.41, 5.74) is 1.69. The normalized spacial score (nSPS) is 25.9. The number of rotatable bonds is 4. The van der Waals surface area contributed by atoms with Gasteiger partial charge in [0.05, 0.1) is 10.6 Å². The Bertz CT molecular complexity index is 1260. The second-order valence-corrected chi connectivity index (χ2v) is 11.1. The second kappa shape index (κ2) is 6.78. The largest absolute Gasteiger partial charge is 0.432 e. The molecule has 2 bridgehead atoms. The molecule has 2 aliphatic carbocycles. The Morgan fingerprint density at radius 2 is 1.84 bits per heavy atom. The Morgan fingerprint density at radius 1 is 1.19 bits per heavy atom. The Hall–Kier alpha value is -2.94. The molecular formula is C23H25N3O5S. The maximum absolute atomic E-state index is 13.7. The van der Waals surface area contributed by atoms with E-state index < -0.39 is 28.1 Å². The molecule has 1 saturated carbocycles. The lowest BCUT2D eigenvalue weighted by molar-refractivity contribution is -0.129. The molecule has 1 aromatic carbocycles. The van der Waals surface area contributed by atoms with Crippen LogP contribution >= 0.6 is 0 Å². The predicted molar refractivity (Wildman–Crippen MR) is 115 cm³/mol. The SMILES string of the molecule is Cc1n[nH]c(C)c1C(=O)OC(c1ccccc1)N1C(=O)C2=C(C3CCC2C3(C)C)S1(=O)=O. The number of hydrogen-bond acceptors (Lipinski definition) is 6. The summed E-state index contributed by atoms with van der Waals surface area (Å²) in [5, 5.41) is 6.74. The molecule has 168 valence electrons. The molecule has 0 spiro atoms.